The quantitative estimate of drug-likeness (QED) is 0.631. The van der Waals surface area contributed by atoms with E-state index in [0.29, 0.717) is 19.0 Å². The van der Waals surface area contributed by atoms with E-state index < -0.39 is 0 Å². The van der Waals surface area contributed by atoms with E-state index in [9.17, 15) is 4.79 Å². The van der Waals surface area contributed by atoms with E-state index in [-0.39, 0.29) is 5.91 Å². The number of fused-ring (bicyclic) bond motifs is 3. The first-order valence-electron chi connectivity index (χ1n) is 9.41. The smallest absolute Gasteiger partial charge is 0.237 e. The molecule has 3 aromatic rings. The van der Waals surface area contributed by atoms with Crippen molar-refractivity contribution in [2.45, 2.75) is 18.4 Å². The monoisotopic (exact) mass is 392 g/mol. The molecule has 0 aliphatic carbocycles. The summed E-state index contributed by atoms with van der Waals surface area (Å²) in [7, 11) is 0. The Labute approximate surface area is 167 Å². The minimum atomic E-state index is 0.124. The molecule has 2 aromatic carbocycles. The fourth-order valence-corrected chi connectivity index (χ4v) is 4.62. The number of carbonyl (C=O) groups is 1. The van der Waals surface area contributed by atoms with E-state index in [2.05, 4.69) is 12.1 Å². The molecule has 1 aromatic heterocycles. The molecule has 5 nitrogen and oxygen atoms in total. The zero-order chi connectivity index (χ0) is 19.1. The molecule has 0 saturated heterocycles. The fourth-order valence-electron chi connectivity index (χ4n) is 3.75. The number of aryl methyl sites for hydroxylation is 1. The molecular formula is C22H20N2O3S. The molecule has 28 heavy (non-hydrogen) atoms. The van der Waals surface area contributed by atoms with Crippen LogP contribution in [0.25, 0.3) is 10.9 Å². The Hall–Kier alpha value is -2.73. The molecule has 1 amide bonds. The van der Waals surface area contributed by atoms with Gasteiger partial charge in [-0.05, 0) is 42.7 Å². The standard InChI is InChI=1S/C22H20N2O3S/c1-14-10-16-11-19-20(27-9-8-26-19)12-17(16)23-22(14)28-13-21(25)24-7-6-15-4-2-3-5-18(15)24/h2-5,10-12H,6-9,13H2,1H3. The summed E-state index contributed by atoms with van der Waals surface area (Å²) in [5, 5.41) is 1.90. The van der Waals surface area contributed by atoms with E-state index in [1.165, 1.54) is 17.3 Å². The predicted molar refractivity (Wildman–Crippen MR) is 111 cm³/mol. The van der Waals surface area contributed by atoms with Crippen LogP contribution >= 0.6 is 11.8 Å². The van der Waals surface area contributed by atoms with Crippen LogP contribution in [0.4, 0.5) is 5.69 Å². The number of amides is 1. The lowest BCUT2D eigenvalue weighted by Gasteiger charge is -2.19. The van der Waals surface area contributed by atoms with E-state index in [0.717, 1.165) is 51.6 Å². The van der Waals surface area contributed by atoms with Gasteiger partial charge >= 0.3 is 0 Å². The lowest BCUT2D eigenvalue weighted by molar-refractivity contribution is -0.116. The van der Waals surface area contributed by atoms with Crippen molar-refractivity contribution in [1.82, 2.24) is 4.98 Å². The molecule has 2 aliphatic heterocycles. The second-order valence-electron chi connectivity index (χ2n) is 7.01. The van der Waals surface area contributed by atoms with Gasteiger partial charge < -0.3 is 14.4 Å². The maximum atomic E-state index is 12.8. The predicted octanol–water partition coefficient (Wildman–Crippen LogP) is 4.00. The molecule has 142 valence electrons. The number of benzene rings is 2. The van der Waals surface area contributed by atoms with Gasteiger partial charge in [-0.1, -0.05) is 30.0 Å². The average Bonchev–Trinajstić information content (AvgIpc) is 3.15. The molecule has 6 heteroatoms. The van der Waals surface area contributed by atoms with Gasteiger partial charge in [-0.25, -0.2) is 4.98 Å². The summed E-state index contributed by atoms with van der Waals surface area (Å²) in [6, 6.07) is 14.1. The number of aromatic nitrogens is 1. The van der Waals surface area contributed by atoms with Crippen LogP contribution in [0.15, 0.2) is 47.5 Å². The highest BCUT2D eigenvalue weighted by atomic mass is 32.2. The molecule has 0 unspecified atom stereocenters. The van der Waals surface area contributed by atoms with Gasteiger partial charge in [0.25, 0.3) is 0 Å². The first kappa shape index (κ1) is 17.4. The molecule has 0 N–H and O–H groups in total. The Morgan fingerprint density at radius 1 is 1.14 bits per heavy atom. The van der Waals surface area contributed by atoms with E-state index in [4.69, 9.17) is 14.5 Å². The minimum absolute atomic E-state index is 0.124. The molecule has 5 rings (SSSR count). The number of para-hydroxylation sites is 1. The number of ether oxygens (including phenoxy) is 2. The van der Waals surface area contributed by atoms with Crippen LogP contribution < -0.4 is 14.4 Å². The molecule has 3 heterocycles. The van der Waals surface area contributed by atoms with Gasteiger partial charge in [-0.3, -0.25) is 4.79 Å². The summed E-state index contributed by atoms with van der Waals surface area (Å²) in [4.78, 5) is 19.5. The zero-order valence-electron chi connectivity index (χ0n) is 15.6. The lowest BCUT2D eigenvalue weighted by Crippen LogP contribution is -2.30. The number of anilines is 1. The SMILES string of the molecule is Cc1cc2cc3c(cc2nc1SCC(=O)N1CCc2ccccc21)OCCO3. The van der Waals surface area contributed by atoms with Crippen molar-refractivity contribution in [3.63, 3.8) is 0 Å². The number of nitrogens with zero attached hydrogens (tertiary/aromatic N) is 2. The first-order valence-corrected chi connectivity index (χ1v) is 10.4. The van der Waals surface area contributed by atoms with Crippen LogP contribution in [0.2, 0.25) is 0 Å². The van der Waals surface area contributed by atoms with Gasteiger partial charge in [-0.15, -0.1) is 0 Å². The maximum Gasteiger partial charge on any atom is 0.237 e. The van der Waals surface area contributed by atoms with Crippen LogP contribution in [0.3, 0.4) is 0 Å². The topological polar surface area (TPSA) is 51.7 Å². The third kappa shape index (κ3) is 3.07. The van der Waals surface area contributed by atoms with Crippen molar-refractivity contribution in [3.8, 4) is 11.5 Å². The Balaban J connectivity index is 1.36. The van der Waals surface area contributed by atoms with Crippen LogP contribution in [-0.4, -0.2) is 36.4 Å². The first-order chi connectivity index (χ1) is 13.7. The van der Waals surface area contributed by atoms with E-state index in [1.54, 1.807) is 0 Å². The largest absolute Gasteiger partial charge is 0.486 e. The number of rotatable bonds is 3. The molecule has 0 atom stereocenters. The van der Waals surface area contributed by atoms with Gasteiger partial charge in [0.05, 0.1) is 11.3 Å². The second-order valence-corrected chi connectivity index (χ2v) is 7.98. The number of pyridine rings is 1. The molecule has 2 aliphatic rings. The number of hydrogen-bond acceptors (Lipinski definition) is 5. The van der Waals surface area contributed by atoms with Gasteiger partial charge in [0.15, 0.2) is 11.5 Å². The highest BCUT2D eigenvalue weighted by Crippen LogP contribution is 2.36. The number of thioether (sulfide) groups is 1. The summed E-state index contributed by atoms with van der Waals surface area (Å²) in [5.41, 5.74) is 4.20. The lowest BCUT2D eigenvalue weighted by atomic mass is 10.1. The number of hydrogen-bond donors (Lipinski definition) is 0. The van der Waals surface area contributed by atoms with Crippen molar-refractivity contribution in [2.75, 3.05) is 30.4 Å². The highest BCUT2D eigenvalue weighted by molar-refractivity contribution is 8.00. The molecule has 0 radical (unpaired) electrons. The maximum absolute atomic E-state index is 12.8. The van der Waals surface area contributed by atoms with Crippen molar-refractivity contribution < 1.29 is 14.3 Å². The summed E-state index contributed by atoms with van der Waals surface area (Å²) in [6.45, 7) is 3.91. The van der Waals surface area contributed by atoms with Crippen molar-refractivity contribution in [1.29, 1.82) is 0 Å². The van der Waals surface area contributed by atoms with Crippen molar-refractivity contribution in [3.05, 3.63) is 53.6 Å². The number of carbonyl (C=O) groups excluding carboxylic acids is 1. The summed E-state index contributed by atoms with van der Waals surface area (Å²) < 4.78 is 11.3. The molecule has 0 saturated carbocycles. The third-order valence-electron chi connectivity index (χ3n) is 5.14. The van der Waals surface area contributed by atoms with Gasteiger partial charge in [-0.2, -0.15) is 0 Å². The van der Waals surface area contributed by atoms with Crippen molar-refractivity contribution in [2.24, 2.45) is 0 Å². The second kappa shape index (κ2) is 7.02. The average molecular weight is 392 g/mol. The van der Waals surface area contributed by atoms with Gasteiger partial charge in [0.1, 0.15) is 18.2 Å². The van der Waals surface area contributed by atoms with E-state index >= 15 is 0 Å². The Kier molecular flexibility index (Phi) is 4.36. The Morgan fingerprint density at radius 3 is 2.79 bits per heavy atom. The van der Waals surface area contributed by atoms with Crippen LogP contribution in [0.1, 0.15) is 11.1 Å². The summed E-state index contributed by atoms with van der Waals surface area (Å²) in [6.07, 6.45) is 0.924. The Morgan fingerprint density at radius 2 is 1.93 bits per heavy atom. The van der Waals surface area contributed by atoms with Crippen LogP contribution in [0, 0.1) is 6.92 Å². The summed E-state index contributed by atoms with van der Waals surface area (Å²) >= 11 is 1.49. The van der Waals surface area contributed by atoms with Gasteiger partial charge in [0, 0.05) is 23.7 Å². The van der Waals surface area contributed by atoms with Crippen LogP contribution in [0.5, 0.6) is 11.5 Å². The fraction of sp³-hybridized carbons (Fsp3) is 0.273. The van der Waals surface area contributed by atoms with Crippen molar-refractivity contribution >= 4 is 34.3 Å². The molecular weight excluding hydrogens is 372 g/mol. The normalized spacial score (nSPS) is 15.0. The summed E-state index contributed by atoms with van der Waals surface area (Å²) in [5.74, 6) is 2.00. The minimum Gasteiger partial charge on any atom is -0.486 e. The van der Waals surface area contributed by atoms with Crippen LogP contribution in [-0.2, 0) is 11.2 Å². The van der Waals surface area contributed by atoms with E-state index in [1.807, 2.05) is 42.2 Å². The molecule has 0 spiro atoms. The Bertz CT molecular complexity index is 1080. The zero-order valence-corrected chi connectivity index (χ0v) is 16.4. The molecule has 0 fully saturated rings. The van der Waals surface area contributed by atoms with Gasteiger partial charge in [0.2, 0.25) is 5.91 Å². The highest BCUT2D eigenvalue weighted by Gasteiger charge is 2.24. The molecule has 0 bridgehead atoms. The third-order valence-corrected chi connectivity index (χ3v) is 6.22.